The van der Waals surface area contributed by atoms with Crippen LogP contribution in [0.3, 0.4) is 0 Å². The van der Waals surface area contributed by atoms with Crippen molar-refractivity contribution in [2.24, 2.45) is 0 Å². The van der Waals surface area contributed by atoms with Gasteiger partial charge in [-0.1, -0.05) is 30.3 Å². The minimum atomic E-state index is 0.294. The first-order chi connectivity index (χ1) is 13.3. The third-order valence-electron chi connectivity index (χ3n) is 5.21. The normalized spacial score (nSPS) is 19.2. The van der Waals surface area contributed by atoms with Crippen LogP contribution in [0.15, 0.2) is 36.4 Å². The number of ether oxygens (including phenoxy) is 1. The van der Waals surface area contributed by atoms with Crippen molar-refractivity contribution in [2.75, 3.05) is 49.6 Å². The summed E-state index contributed by atoms with van der Waals surface area (Å²) in [6, 6.07) is 13.1. The number of benzene rings is 1. The molecule has 0 amide bonds. The SMILES string of the molecule is Clc1nc(NC2CCN(Cc3ccccc3)CC2)cc(N2CCOCC2)n1. The van der Waals surface area contributed by atoms with Crippen molar-refractivity contribution in [2.45, 2.75) is 25.4 Å². The Kier molecular flexibility index (Phi) is 6.07. The van der Waals surface area contributed by atoms with E-state index in [4.69, 9.17) is 16.3 Å². The topological polar surface area (TPSA) is 53.5 Å². The van der Waals surface area contributed by atoms with Crippen molar-refractivity contribution in [1.82, 2.24) is 14.9 Å². The van der Waals surface area contributed by atoms with Gasteiger partial charge in [-0.05, 0) is 30.0 Å². The van der Waals surface area contributed by atoms with E-state index in [1.165, 1.54) is 5.56 Å². The molecule has 3 heterocycles. The summed E-state index contributed by atoms with van der Waals surface area (Å²) >= 11 is 6.17. The third-order valence-corrected chi connectivity index (χ3v) is 5.38. The standard InChI is InChI=1S/C20H26ClN5O/c21-20-23-18(14-19(24-20)26-10-12-27-13-11-26)22-17-6-8-25(9-7-17)15-16-4-2-1-3-5-16/h1-5,14,17H,6-13,15H2,(H,22,23,24). The summed E-state index contributed by atoms with van der Waals surface area (Å²) < 4.78 is 5.42. The molecule has 1 N–H and O–H groups in total. The van der Waals surface area contributed by atoms with Gasteiger partial charge in [0.15, 0.2) is 0 Å². The fraction of sp³-hybridized carbons (Fsp3) is 0.500. The minimum absolute atomic E-state index is 0.294. The van der Waals surface area contributed by atoms with Crippen LogP contribution in [-0.2, 0) is 11.3 Å². The van der Waals surface area contributed by atoms with Crippen molar-refractivity contribution in [1.29, 1.82) is 0 Å². The lowest BCUT2D eigenvalue weighted by Crippen LogP contribution is -2.39. The Balaban J connectivity index is 1.32. The molecule has 1 aromatic carbocycles. The lowest BCUT2D eigenvalue weighted by molar-refractivity contribution is 0.122. The molecule has 2 fully saturated rings. The number of likely N-dealkylation sites (tertiary alicyclic amines) is 1. The second-order valence-corrected chi connectivity index (χ2v) is 7.50. The number of anilines is 2. The molecule has 144 valence electrons. The molecule has 0 unspecified atom stereocenters. The number of morpholine rings is 1. The Labute approximate surface area is 165 Å². The van der Waals surface area contributed by atoms with E-state index in [0.29, 0.717) is 11.3 Å². The molecular weight excluding hydrogens is 362 g/mol. The van der Waals surface area contributed by atoms with Crippen LogP contribution in [0.2, 0.25) is 5.28 Å². The predicted molar refractivity (Wildman–Crippen MR) is 108 cm³/mol. The molecule has 2 aliphatic heterocycles. The molecule has 0 atom stereocenters. The van der Waals surface area contributed by atoms with E-state index < -0.39 is 0 Å². The highest BCUT2D eigenvalue weighted by molar-refractivity contribution is 6.28. The summed E-state index contributed by atoms with van der Waals surface area (Å²) in [4.78, 5) is 13.5. The number of hydrogen-bond donors (Lipinski definition) is 1. The lowest BCUT2D eigenvalue weighted by atomic mass is 10.0. The van der Waals surface area contributed by atoms with Crippen molar-refractivity contribution in [3.8, 4) is 0 Å². The van der Waals surface area contributed by atoms with Gasteiger partial charge in [-0.3, -0.25) is 4.90 Å². The molecule has 6 nitrogen and oxygen atoms in total. The summed E-state index contributed by atoms with van der Waals surface area (Å²) in [7, 11) is 0. The van der Waals surface area contributed by atoms with Gasteiger partial charge in [-0.15, -0.1) is 0 Å². The molecule has 1 aromatic heterocycles. The van der Waals surface area contributed by atoms with Crippen LogP contribution >= 0.6 is 11.6 Å². The van der Waals surface area contributed by atoms with E-state index in [1.54, 1.807) is 0 Å². The molecule has 0 spiro atoms. The van der Waals surface area contributed by atoms with Crippen LogP contribution in [0, 0.1) is 0 Å². The Morgan fingerprint density at radius 3 is 2.52 bits per heavy atom. The Morgan fingerprint density at radius 2 is 1.78 bits per heavy atom. The monoisotopic (exact) mass is 387 g/mol. The van der Waals surface area contributed by atoms with E-state index in [0.717, 1.165) is 70.4 Å². The maximum Gasteiger partial charge on any atom is 0.226 e. The van der Waals surface area contributed by atoms with Gasteiger partial charge < -0.3 is 15.0 Å². The second kappa shape index (κ2) is 8.87. The first-order valence-electron chi connectivity index (χ1n) is 9.66. The molecule has 2 aliphatic rings. The summed E-state index contributed by atoms with van der Waals surface area (Å²) in [5.74, 6) is 1.69. The fourth-order valence-corrected chi connectivity index (χ4v) is 3.90. The molecule has 2 aromatic rings. The fourth-order valence-electron chi connectivity index (χ4n) is 3.72. The second-order valence-electron chi connectivity index (χ2n) is 7.16. The van der Waals surface area contributed by atoms with Crippen molar-refractivity contribution >= 4 is 23.2 Å². The summed E-state index contributed by atoms with van der Waals surface area (Å²) in [5, 5.41) is 3.86. The van der Waals surface area contributed by atoms with Crippen LogP contribution in [0.25, 0.3) is 0 Å². The average molecular weight is 388 g/mol. The molecule has 0 saturated carbocycles. The predicted octanol–water partition coefficient (Wildman–Crippen LogP) is 3.04. The van der Waals surface area contributed by atoms with E-state index in [-0.39, 0.29) is 0 Å². The van der Waals surface area contributed by atoms with Gasteiger partial charge >= 0.3 is 0 Å². The Hall–Kier alpha value is -1.89. The lowest BCUT2D eigenvalue weighted by Gasteiger charge is -2.33. The van der Waals surface area contributed by atoms with Gasteiger partial charge in [-0.25, -0.2) is 9.97 Å². The number of aromatic nitrogens is 2. The number of piperidine rings is 1. The van der Waals surface area contributed by atoms with Crippen LogP contribution in [0.4, 0.5) is 11.6 Å². The maximum absolute atomic E-state index is 6.17. The molecular formula is C20H26ClN5O. The molecule has 4 rings (SSSR count). The molecule has 27 heavy (non-hydrogen) atoms. The van der Waals surface area contributed by atoms with Gasteiger partial charge in [0, 0.05) is 44.8 Å². The van der Waals surface area contributed by atoms with Gasteiger partial charge in [0.25, 0.3) is 0 Å². The zero-order chi connectivity index (χ0) is 18.5. The summed E-state index contributed by atoms with van der Waals surface area (Å²) in [6.07, 6.45) is 2.20. The van der Waals surface area contributed by atoms with Crippen molar-refractivity contribution in [3.05, 3.63) is 47.2 Å². The maximum atomic E-state index is 6.17. The first-order valence-corrected chi connectivity index (χ1v) is 10.0. The van der Waals surface area contributed by atoms with Gasteiger partial charge in [0.05, 0.1) is 13.2 Å². The molecule has 0 radical (unpaired) electrons. The molecule has 2 saturated heterocycles. The van der Waals surface area contributed by atoms with Crippen LogP contribution in [-0.4, -0.2) is 60.3 Å². The molecule has 0 aliphatic carbocycles. The summed E-state index contributed by atoms with van der Waals surface area (Å²) in [5.41, 5.74) is 1.38. The van der Waals surface area contributed by atoms with E-state index in [9.17, 15) is 0 Å². The molecule has 7 heteroatoms. The highest BCUT2D eigenvalue weighted by Crippen LogP contribution is 2.22. The number of nitrogens with one attached hydrogen (secondary N) is 1. The van der Waals surface area contributed by atoms with Crippen molar-refractivity contribution in [3.63, 3.8) is 0 Å². The number of rotatable bonds is 5. The van der Waals surface area contributed by atoms with Gasteiger partial charge in [0.2, 0.25) is 5.28 Å². The van der Waals surface area contributed by atoms with Crippen molar-refractivity contribution < 1.29 is 4.74 Å². The zero-order valence-electron chi connectivity index (χ0n) is 15.5. The largest absolute Gasteiger partial charge is 0.378 e. The minimum Gasteiger partial charge on any atom is -0.378 e. The smallest absolute Gasteiger partial charge is 0.226 e. The Bertz CT molecular complexity index is 730. The highest BCUT2D eigenvalue weighted by atomic mass is 35.5. The first kappa shape index (κ1) is 18.5. The van der Waals surface area contributed by atoms with Gasteiger partial charge in [0.1, 0.15) is 11.6 Å². The number of nitrogens with zero attached hydrogens (tertiary/aromatic N) is 4. The van der Waals surface area contributed by atoms with E-state index >= 15 is 0 Å². The van der Waals surface area contributed by atoms with Crippen LogP contribution < -0.4 is 10.2 Å². The van der Waals surface area contributed by atoms with Crippen LogP contribution in [0.5, 0.6) is 0 Å². The Morgan fingerprint density at radius 1 is 1.04 bits per heavy atom. The highest BCUT2D eigenvalue weighted by Gasteiger charge is 2.21. The van der Waals surface area contributed by atoms with E-state index in [2.05, 4.69) is 55.4 Å². The average Bonchev–Trinajstić information content (AvgIpc) is 2.71. The third kappa shape index (κ3) is 5.09. The molecule has 0 bridgehead atoms. The van der Waals surface area contributed by atoms with E-state index in [1.807, 2.05) is 6.07 Å². The number of hydrogen-bond acceptors (Lipinski definition) is 6. The zero-order valence-corrected chi connectivity index (χ0v) is 16.2. The quantitative estimate of drug-likeness (QED) is 0.796. The number of halogens is 1. The summed E-state index contributed by atoms with van der Waals surface area (Å²) in [6.45, 7) is 6.32. The van der Waals surface area contributed by atoms with Crippen LogP contribution in [0.1, 0.15) is 18.4 Å². The van der Waals surface area contributed by atoms with Gasteiger partial charge in [-0.2, -0.15) is 0 Å².